The second-order valence-electron chi connectivity index (χ2n) is 5.85. The standard InChI is InChI=1S/C20H17NO3/c1-13(8-9-14-6-4-3-5-7-14)18(22)15-10-11-16-17(12-15)20(24)21(2)19(16)23/h3-13H,1-2H3/b9-8+. The molecule has 2 aromatic rings. The van der Waals surface area contributed by atoms with Crippen LogP contribution in [0.1, 0.15) is 43.6 Å². The minimum atomic E-state index is -0.364. The van der Waals surface area contributed by atoms with Crippen LogP contribution in [0.25, 0.3) is 6.08 Å². The smallest absolute Gasteiger partial charge is 0.261 e. The molecule has 2 amide bonds. The number of ketones is 1. The van der Waals surface area contributed by atoms with Crippen molar-refractivity contribution in [2.24, 2.45) is 5.92 Å². The van der Waals surface area contributed by atoms with Crippen molar-refractivity contribution in [1.29, 1.82) is 0 Å². The Bertz CT molecular complexity index is 852. The summed E-state index contributed by atoms with van der Waals surface area (Å²) in [4.78, 5) is 37.6. The molecule has 0 aliphatic carbocycles. The Balaban J connectivity index is 1.82. The maximum absolute atomic E-state index is 12.6. The van der Waals surface area contributed by atoms with E-state index in [9.17, 15) is 14.4 Å². The zero-order valence-electron chi connectivity index (χ0n) is 13.5. The van der Waals surface area contributed by atoms with Crippen molar-refractivity contribution in [3.63, 3.8) is 0 Å². The number of benzene rings is 2. The fraction of sp³-hybridized carbons (Fsp3) is 0.150. The Morgan fingerprint density at radius 1 is 1.00 bits per heavy atom. The third-order valence-corrected chi connectivity index (χ3v) is 4.16. The molecule has 0 radical (unpaired) electrons. The lowest BCUT2D eigenvalue weighted by molar-refractivity contribution is 0.0693. The summed E-state index contributed by atoms with van der Waals surface area (Å²) >= 11 is 0. The van der Waals surface area contributed by atoms with Crippen molar-refractivity contribution < 1.29 is 14.4 Å². The Morgan fingerprint density at radius 3 is 2.38 bits per heavy atom. The van der Waals surface area contributed by atoms with Gasteiger partial charge in [-0.25, -0.2) is 0 Å². The molecule has 0 saturated heterocycles. The van der Waals surface area contributed by atoms with Gasteiger partial charge in [0.05, 0.1) is 11.1 Å². The number of amides is 2. The Hall–Kier alpha value is -3.01. The first-order chi connectivity index (χ1) is 11.5. The van der Waals surface area contributed by atoms with Crippen LogP contribution >= 0.6 is 0 Å². The van der Waals surface area contributed by atoms with Gasteiger partial charge < -0.3 is 0 Å². The van der Waals surface area contributed by atoms with Crippen LogP contribution in [0.3, 0.4) is 0 Å². The van der Waals surface area contributed by atoms with Crippen LogP contribution in [-0.4, -0.2) is 29.5 Å². The molecule has 2 aromatic carbocycles. The number of carbonyl (C=O) groups is 3. The highest BCUT2D eigenvalue weighted by Gasteiger charge is 2.33. The fourth-order valence-corrected chi connectivity index (χ4v) is 2.68. The summed E-state index contributed by atoms with van der Waals surface area (Å²) in [5.74, 6) is -1.10. The zero-order valence-corrected chi connectivity index (χ0v) is 13.5. The molecule has 1 unspecified atom stereocenters. The van der Waals surface area contributed by atoms with E-state index in [2.05, 4.69) is 0 Å². The molecule has 1 aliphatic rings. The number of rotatable bonds is 4. The molecule has 24 heavy (non-hydrogen) atoms. The highest BCUT2D eigenvalue weighted by Crippen LogP contribution is 2.24. The van der Waals surface area contributed by atoms with E-state index in [1.807, 2.05) is 49.4 Å². The fourth-order valence-electron chi connectivity index (χ4n) is 2.68. The summed E-state index contributed by atoms with van der Waals surface area (Å²) in [5, 5.41) is 0. The van der Waals surface area contributed by atoms with Crippen LogP contribution in [0, 0.1) is 5.92 Å². The van der Waals surface area contributed by atoms with Crippen LogP contribution in [-0.2, 0) is 0 Å². The molecule has 1 atom stereocenters. The molecule has 0 aromatic heterocycles. The van der Waals surface area contributed by atoms with Crippen molar-refractivity contribution in [3.05, 3.63) is 76.9 Å². The van der Waals surface area contributed by atoms with Crippen LogP contribution in [0.15, 0.2) is 54.6 Å². The van der Waals surface area contributed by atoms with Gasteiger partial charge in [0.15, 0.2) is 5.78 Å². The average molecular weight is 319 g/mol. The predicted molar refractivity (Wildman–Crippen MR) is 91.8 cm³/mol. The number of nitrogens with zero attached hydrogens (tertiary/aromatic N) is 1. The third kappa shape index (κ3) is 2.78. The normalized spacial score (nSPS) is 15.0. The summed E-state index contributed by atoms with van der Waals surface area (Å²) in [6, 6.07) is 14.4. The van der Waals surface area contributed by atoms with E-state index in [0.717, 1.165) is 10.5 Å². The topological polar surface area (TPSA) is 54.5 Å². The van der Waals surface area contributed by atoms with E-state index in [1.165, 1.54) is 13.1 Å². The molecule has 120 valence electrons. The van der Waals surface area contributed by atoms with E-state index in [1.54, 1.807) is 12.1 Å². The van der Waals surface area contributed by atoms with Gasteiger partial charge in [-0.1, -0.05) is 55.5 Å². The van der Waals surface area contributed by atoms with Gasteiger partial charge in [0.1, 0.15) is 0 Å². The predicted octanol–water partition coefficient (Wildman–Crippen LogP) is 3.44. The molecule has 0 saturated carbocycles. The minimum Gasteiger partial charge on any atom is -0.294 e. The first kappa shape index (κ1) is 15.9. The minimum absolute atomic E-state index is 0.0835. The van der Waals surface area contributed by atoms with E-state index < -0.39 is 0 Å². The molecule has 0 N–H and O–H groups in total. The van der Waals surface area contributed by atoms with Crippen LogP contribution in [0.5, 0.6) is 0 Å². The molecule has 4 heteroatoms. The van der Waals surface area contributed by atoms with E-state index in [-0.39, 0.29) is 23.5 Å². The van der Waals surface area contributed by atoms with E-state index >= 15 is 0 Å². The summed E-state index contributed by atoms with van der Waals surface area (Å²) < 4.78 is 0. The van der Waals surface area contributed by atoms with Crippen molar-refractivity contribution in [3.8, 4) is 0 Å². The summed E-state index contributed by atoms with van der Waals surface area (Å²) in [7, 11) is 1.44. The zero-order chi connectivity index (χ0) is 17.3. The van der Waals surface area contributed by atoms with Gasteiger partial charge in [0, 0.05) is 18.5 Å². The molecular weight excluding hydrogens is 302 g/mol. The van der Waals surface area contributed by atoms with Gasteiger partial charge in [0.25, 0.3) is 11.8 Å². The van der Waals surface area contributed by atoms with Crippen LogP contribution in [0.2, 0.25) is 0 Å². The third-order valence-electron chi connectivity index (χ3n) is 4.16. The maximum Gasteiger partial charge on any atom is 0.261 e. The highest BCUT2D eigenvalue weighted by atomic mass is 16.2. The number of hydrogen-bond donors (Lipinski definition) is 0. The van der Waals surface area contributed by atoms with Crippen LogP contribution in [0.4, 0.5) is 0 Å². The second kappa shape index (κ2) is 6.24. The largest absolute Gasteiger partial charge is 0.294 e. The van der Waals surface area contributed by atoms with Gasteiger partial charge in [-0.05, 0) is 17.7 Å². The number of Topliss-reactive ketones (excluding diaryl/α,β-unsaturated/α-hetero) is 1. The SMILES string of the molecule is CC(/C=C/c1ccccc1)C(=O)c1ccc2c(c1)C(=O)N(C)C2=O. The first-order valence-corrected chi connectivity index (χ1v) is 7.73. The molecule has 0 fully saturated rings. The quantitative estimate of drug-likeness (QED) is 0.641. The molecule has 4 nitrogen and oxygen atoms in total. The lowest BCUT2D eigenvalue weighted by atomic mass is 9.95. The number of fused-ring (bicyclic) bond motifs is 1. The highest BCUT2D eigenvalue weighted by molar-refractivity contribution is 6.21. The molecule has 1 aliphatic heterocycles. The first-order valence-electron chi connectivity index (χ1n) is 7.73. The number of imide groups is 1. The molecule has 3 rings (SSSR count). The number of allylic oxidation sites excluding steroid dienone is 1. The maximum atomic E-state index is 12.6. The van der Waals surface area contributed by atoms with Crippen LogP contribution < -0.4 is 0 Å². The van der Waals surface area contributed by atoms with Gasteiger partial charge >= 0.3 is 0 Å². The van der Waals surface area contributed by atoms with Gasteiger partial charge in [-0.3, -0.25) is 19.3 Å². The summed E-state index contributed by atoms with van der Waals surface area (Å²) in [6.45, 7) is 1.81. The monoisotopic (exact) mass is 319 g/mol. The number of carbonyl (C=O) groups excluding carboxylic acids is 3. The summed E-state index contributed by atoms with van der Waals surface area (Å²) in [5.41, 5.74) is 2.11. The summed E-state index contributed by atoms with van der Waals surface area (Å²) in [6.07, 6.45) is 3.74. The van der Waals surface area contributed by atoms with Crippen molar-refractivity contribution in [1.82, 2.24) is 4.90 Å². The molecule has 0 spiro atoms. The Morgan fingerprint density at radius 2 is 1.67 bits per heavy atom. The van der Waals surface area contributed by atoms with Crippen molar-refractivity contribution in [2.45, 2.75) is 6.92 Å². The van der Waals surface area contributed by atoms with E-state index in [0.29, 0.717) is 16.7 Å². The Kier molecular flexibility index (Phi) is 4.13. The van der Waals surface area contributed by atoms with Gasteiger partial charge in [-0.2, -0.15) is 0 Å². The van der Waals surface area contributed by atoms with Gasteiger partial charge in [0.2, 0.25) is 0 Å². The average Bonchev–Trinajstić information content (AvgIpc) is 2.84. The number of hydrogen-bond acceptors (Lipinski definition) is 3. The molecule has 0 bridgehead atoms. The van der Waals surface area contributed by atoms with Crippen molar-refractivity contribution >= 4 is 23.7 Å². The lowest BCUT2D eigenvalue weighted by Crippen LogP contribution is -2.24. The molecule has 1 heterocycles. The van der Waals surface area contributed by atoms with Crippen molar-refractivity contribution in [2.75, 3.05) is 7.05 Å². The second-order valence-corrected chi connectivity index (χ2v) is 5.85. The van der Waals surface area contributed by atoms with Gasteiger partial charge in [-0.15, -0.1) is 0 Å². The Labute approximate surface area is 140 Å². The lowest BCUT2D eigenvalue weighted by Gasteiger charge is -2.07. The van der Waals surface area contributed by atoms with E-state index in [4.69, 9.17) is 0 Å². The molecular formula is C20H17NO3.